The molecule has 0 unspecified atom stereocenters. The van der Waals surface area contributed by atoms with Gasteiger partial charge in [0.1, 0.15) is 6.61 Å². The molecular formula is C9H8BrNO2. The van der Waals surface area contributed by atoms with Gasteiger partial charge in [0.05, 0.1) is 5.56 Å². The quantitative estimate of drug-likeness (QED) is 0.707. The van der Waals surface area contributed by atoms with Crippen LogP contribution in [0.1, 0.15) is 10.4 Å². The minimum Gasteiger partial charge on any atom is -0.460 e. The molecule has 0 aromatic heterocycles. The third-order valence-electron chi connectivity index (χ3n) is 1.85. The van der Waals surface area contributed by atoms with Gasteiger partial charge in [-0.3, -0.25) is 0 Å². The Morgan fingerprint density at radius 1 is 1.46 bits per heavy atom. The molecule has 0 fully saturated rings. The maximum atomic E-state index is 11.4. The molecule has 0 amide bonds. The van der Waals surface area contributed by atoms with E-state index in [1.54, 1.807) is 6.07 Å². The average Bonchev–Trinajstić information content (AvgIpc) is 2.29. The second kappa shape index (κ2) is 3.38. The fraction of sp³-hybridized carbons (Fsp3) is 0.222. The summed E-state index contributed by atoms with van der Waals surface area (Å²) in [6.45, 7) is 1.09. The molecule has 2 rings (SSSR count). The number of esters is 1. The molecule has 13 heavy (non-hydrogen) atoms. The van der Waals surface area contributed by atoms with Crippen molar-refractivity contribution in [2.45, 2.75) is 0 Å². The van der Waals surface area contributed by atoms with Gasteiger partial charge in [-0.15, -0.1) is 0 Å². The number of benzene rings is 1. The fourth-order valence-corrected chi connectivity index (χ4v) is 1.61. The van der Waals surface area contributed by atoms with E-state index in [2.05, 4.69) is 21.2 Å². The highest BCUT2D eigenvalue weighted by Gasteiger charge is 2.15. The number of fused-ring (bicyclic) bond motifs is 1. The third-order valence-corrected chi connectivity index (χ3v) is 2.35. The summed E-state index contributed by atoms with van der Waals surface area (Å²) in [6.07, 6.45) is 0. The van der Waals surface area contributed by atoms with E-state index in [1.807, 2.05) is 12.1 Å². The number of ether oxygens (including phenoxy) is 1. The normalized spacial score (nSPS) is 15.3. The van der Waals surface area contributed by atoms with Crippen LogP contribution >= 0.6 is 15.9 Å². The topological polar surface area (TPSA) is 38.3 Å². The van der Waals surface area contributed by atoms with Crippen LogP contribution in [-0.4, -0.2) is 19.1 Å². The van der Waals surface area contributed by atoms with E-state index in [9.17, 15) is 4.79 Å². The van der Waals surface area contributed by atoms with Crippen LogP contribution in [0.5, 0.6) is 0 Å². The summed E-state index contributed by atoms with van der Waals surface area (Å²) in [5, 5.41) is 3.12. The number of rotatable bonds is 0. The maximum Gasteiger partial charge on any atom is 0.340 e. The number of carbonyl (C=O) groups excluding carboxylic acids is 1. The van der Waals surface area contributed by atoms with E-state index in [-0.39, 0.29) is 5.97 Å². The Morgan fingerprint density at radius 3 is 3.15 bits per heavy atom. The standard InChI is InChI=1S/C9H8BrNO2/c10-6-1-2-8-7(5-6)9(12)13-4-3-11-8/h1-2,5,11H,3-4H2. The molecule has 0 radical (unpaired) electrons. The Bertz CT molecular complexity index is 351. The minimum atomic E-state index is -0.263. The molecule has 4 heteroatoms. The molecule has 0 aliphatic carbocycles. The van der Waals surface area contributed by atoms with Gasteiger partial charge in [-0.1, -0.05) is 15.9 Å². The van der Waals surface area contributed by atoms with Gasteiger partial charge in [-0.05, 0) is 18.2 Å². The van der Waals surface area contributed by atoms with Crippen molar-refractivity contribution in [3.63, 3.8) is 0 Å². The number of anilines is 1. The number of hydrogen-bond acceptors (Lipinski definition) is 3. The fourth-order valence-electron chi connectivity index (χ4n) is 1.25. The molecule has 1 N–H and O–H groups in total. The van der Waals surface area contributed by atoms with Crippen LogP contribution in [0.4, 0.5) is 5.69 Å². The van der Waals surface area contributed by atoms with E-state index in [4.69, 9.17) is 4.74 Å². The summed E-state index contributed by atoms with van der Waals surface area (Å²) in [4.78, 5) is 11.4. The summed E-state index contributed by atoms with van der Waals surface area (Å²) in [5.74, 6) is -0.263. The summed E-state index contributed by atoms with van der Waals surface area (Å²) < 4.78 is 5.84. The zero-order valence-corrected chi connectivity index (χ0v) is 8.43. The SMILES string of the molecule is O=C1OCCNc2ccc(Br)cc21. The number of hydrogen-bond donors (Lipinski definition) is 1. The molecule has 0 spiro atoms. The lowest BCUT2D eigenvalue weighted by Gasteiger charge is -2.04. The van der Waals surface area contributed by atoms with Crippen LogP contribution in [0, 0.1) is 0 Å². The molecule has 0 bridgehead atoms. The monoisotopic (exact) mass is 241 g/mol. The molecule has 68 valence electrons. The summed E-state index contributed by atoms with van der Waals surface area (Å²) in [7, 11) is 0. The predicted octanol–water partition coefficient (Wildman–Crippen LogP) is 2.03. The molecular weight excluding hydrogens is 234 g/mol. The van der Waals surface area contributed by atoms with Gasteiger partial charge in [0, 0.05) is 16.7 Å². The first kappa shape index (κ1) is 8.56. The first-order chi connectivity index (χ1) is 6.27. The van der Waals surface area contributed by atoms with Crippen molar-refractivity contribution in [2.24, 2.45) is 0 Å². The smallest absolute Gasteiger partial charge is 0.340 e. The first-order valence-electron chi connectivity index (χ1n) is 3.98. The Labute approximate surface area is 84.2 Å². The molecule has 1 aliphatic heterocycles. The number of nitrogens with one attached hydrogen (secondary N) is 1. The third kappa shape index (κ3) is 1.67. The lowest BCUT2D eigenvalue weighted by Crippen LogP contribution is -2.06. The Morgan fingerprint density at radius 2 is 2.31 bits per heavy atom. The second-order valence-electron chi connectivity index (χ2n) is 2.75. The van der Waals surface area contributed by atoms with Gasteiger partial charge in [-0.2, -0.15) is 0 Å². The number of halogens is 1. The van der Waals surface area contributed by atoms with E-state index in [1.165, 1.54) is 0 Å². The van der Waals surface area contributed by atoms with Gasteiger partial charge >= 0.3 is 5.97 Å². The lowest BCUT2D eigenvalue weighted by atomic mass is 10.2. The molecule has 0 saturated carbocycles. The molecule has 1 aliphatic rings. The second-order valence-corrected chi connectivity index (χ2v) is 3.67. The van der Waals surface area contributed by atoms with Crippen molar-refractivity contribution in [3.05, 3.63) is 28.2 Å². The van der Waals surface area contributed by atoms with Gasteiger partial charge in [0.2, 0.25) is 0 Å². The highest BCUT2D eigenvalue weighted by Crippen LogP contribution is 2.23. The van der Waals surface area contributed by atoms with Crippen molar-refractivity contribution in [1.82, 2.24) is 0 Å². The maximum absolute atomic E-state index is 11.4. The van der Waals surface area contributed by atoms with E-state index < -0.39 is 0 Å². The number of carbonyl (C=O) groups is 1. The van der Waals surface area contributed by atoms with Gasteiger partial charge in [0.25, 0.3) is 0 Å². The Kier molecular flexibility index (Phi) is 2.22. The van der Waals surface area contributed by atoms with E-state index in [0.29, 0.717) is 18.7 Å². The molecule has 1 aromatic rings. The highest BCUT2D eigenvalue weighted by atomic mass is 79.9. The van der Waals surface area contributed by atoms with Gasteiger partial charge < -0.3 is 10.1 Å². The van der Waals surface area contributed by atoms with Crippen LogP contribution in [0.2, 0.25) is 0 Å². The van der Waals surface area contributed by atoms with Crippen molar-refractivity contribution in [3.8, 4) is 0 Å². The summed E-state index contributed by atoms with van der Waals surface area (Å²) >= 11 is 3.31. The van der Waals surface area contributed by atoms with Crippen molar-refractivity contribution in [2.75, 3.05) is 18.5 Å². The van der Waals surface area contributed by atoms with Crippen molar-refractivity contribution >= 4 is 27.6 Å². The molecule has 3 nitrogen and oxygen atoms in total. The Hall–Kier alpha value is -1.03. The van der Waals surface area contributed by atoms with Gasteiger partial charge in [-0.25, -0.2) is 4.79 Å². The predicted molar refractivity (Wildman–Crippen MR) is 52.9 cm³/mol. The van der Waals surface area contributed by atoms with Crippen LogP contribution in [-0.2, 0) is 4.74 Å². The Balaban J connectivity index is 2.49. The number of cyclic esters (lactones) is 1. The summed E-state index contributed by atoms with van der Waals surface area (Å²) in [6, 6.07) is 5.52. The van der Waals surface area contributed by atoms with Crippen LogP contribution < -0.4 is 5.32 Å². The van der Waals surface area contributed by atoms with Gasteiger partial charge in [0.15, 0.2) is 0 Å². The lowest BCUT2D eigenvalue weighted by molar-refractivity contribution is 0.0529. The molecule has 1 aromatic carbocycles. The van der Waals surface area contributed by atoms with E-state index in [0.717, 1.165) is 10.2 Å². The molecule has 0 atom stereocenters. The van der Waals surface area contributed by atoms with Crippen molar-refractivity contribution < 1.29 is 9.53 Å². The average molecular weight is 242 g/mol. The minimum absolute atomic E-state index is 0.263. The first-order valence-corrected chi connectivity index (χ1v) is 4.77. The zero-order valence-electron chi connectivity index (χ0n) is 6.84. The van der Waals surface area contributed by atoms with E-state index >= 15 is 0 Å². The van der Waals surface area contributed by atoms with Crippen molar-refractivity contribution in [1.29, 1.82) is 0 Å². The summed E-state index contributed by atoms with van der Waals surface area (Å²) in [5.41, 5.74) is 1.43. The van der Waals surface area contributed by atoms with Crippen LogP contribution in [0.25, 0.3) is 0 Å². The molecule has 1 heterocycles. The van der Waals surface area contributed by atoms with Crippen LogP contribution in [0.3, 0.4) is 0 Å². The largest absolute Gasteiger partial charge is 0.460 e. The highest BCUT2D eigenvalue weighted by molar-refractivity contribution is 9.10. The zero-order chi connectivity index (χ0) is 9.26. The van der Waals surface area contributed by atoms with Crippen LogP contribution in [0.15, 0.2) is 22.7 Å². The molecule has 0 saturated heterocycles.